The molecule has 0 amide bonds. The Kier molecular flexibility index (Phi) is 5.53. The smallest absolute Gasteiger partial charge is 0.339 e. The number of hydrogen-bond acceptors (Lipinski definition) is 2. The molecule has 0 heterocycles. The van der Waals surface area contributed by atoms with Gasteiger partial charge in [0.15, 0.2) is 0 Å². The summed E-state index contributed by atoms with van der Waals surface area (Å²) in [6.45, 7) is 2.27. The molecule has 0 spiro atoms. The first-order chi connectivity index (χ1) is 7.56. The van der Waals surface area contributed by atoms with Crippen LogP contribution in [0.4, 0.5) is 0 Å². The van der Waals surface area contributed by atoms with E-state index in [0.717, 1.165) is 7.14 Å². The van der Waals surface area contributed by atoms with Gasteiger partial charge in [0.25, 0.3) is 0 Å². The third kappa shape index (κ3) is 3.62. The molecule has 0 bridgehead atoms. The summed E-state index contributed by atoms with van der Waals surface area (Å²) in [6.07, 6.45) is 3.69. The summed E-state index contributed by atoms with van der Waals surface area (Å²) in [6, 6.07) is 3.49. The summed E-state index contributed by atoms with van der Waals surface area (Å²) in [7, 11) is 0. The number of aromatic carboxylic acids is 1. The zero-order chi connectivity index (χ0) is 12.1. The largest absolute Gasteiger partial charge is 0.488 e. The van der Waals surface area contributed by atoms with Gasteiger partial charge in [-0.15, -0.1) is 0 Å². The van der Waals surface area contributed by atoms with Crippen molar-refractivity contribution in [1.29, 1.82) is 0 Å². The Morgan fingerprint density at radius 2 is 2.19 bits per heavy atom. The third-order valence-corrected chi connectivity index (χ3v) is 3.22. The molecule has 0 aromatic heterocycles. The van der Waals surface area contributed by atoms with E-state index < -0.39 is 5.97 Å². The van der Waals surface area contributed by atoms with Crippen LogP contribution in [0.2, 0.25) is 0 Å². The van der Waals surface area contributed by atoms with E-state index in [9.17, 15) is 4.79 Å². The Balaban J connectivity index is 3.09. The predicted octanol–water partition coefficient (Wildman–Crippen LogP) is 3.55. The molecule has 1 aromatic carbocycles. The van der Waals surface area contributed by atoms with Crippen LogP contribution in [0.3, 0.4) is 0 Å². The van der Waals surface area contributed by atoms with Gasteiger partial charge in [0.05, 0.1) is 3.57 Å². The number of hydrogen-bond donors (Lipinski definition) is 1. The van der Waals surface area contributed by atoms with Crippen molar-refractivity contribution in [1.82, 2.24) is 0 Å². The number of carboxylic acids is 1. The molecule has 0 atom stereocenters. The molecule has 0 radical (unpaired) electrons. The van der Waals surface area contributed by atoms with Crippen LogP contribution in [-0.2, 0) is 0 Å². The van der Waals surface area contributed by atoms with Gasteiger partial charge in [0.1, 0.15) is 17.9 Å². The fourth-order valence-electron chi connectivity index (χ4n) is 1.09. The van der Waals surface area contributed by atoms with Crippen molar-refractivity contribution in [2.24, 2.45) is 0 Å². The summed E-state index contributed by atoms with van der Waals surface area (Å²) in [5, 5.41) is 9.07. The van der Waals surface area contributed by atoms with Crippen LogP contribution in [0.1, 0.15) is 17.3 Å². The van der Waals surface area contributed by atoms with Gasteiger partial charge in [-0.25, -0.2) is 4.79 Å². The maximum atomic E-state index is 11.1. The minimum atomic E-state index is -0.966. The molecule has 1 rings (SSSR count). The highest BCUT2D eigenvalue weighted by Gasteiger charge is 2.15. The van der Waals surface area contributed by atoms with Crippen LogP contribution in [0.5, 0.6) is 5.75 Å². The molecule has 3 nitrogen and oxygen atoms in total. The van der Waals surface area contributed by atoms with Crippen molar-refractivity contribution < 1.29 is 14.6 Å². The standard InChI is InChI=1S/C11H10I2O3/c1-2-3-4-16-10-8(11(14)15)5-7(12)6-9(10)13/h2-3,5-6H,4H2,1H3,(H,14,15)/b3-2+. The van der Waals surface area contributed by atoms with Gasteiger partial charge in [-0.05, 0) is 64.2 Å². The highest BCUT2D eigenvalue weighted by molar-refractivity contribution is 14.1. The second-order valence-electron chi connectivity index (χ2n) is 2.95. The van der Waals surface area contributed by atoms with E-state index >= 15 is 0 Å². The molecule has 0 unspecified atom stereocenters. The highest BCUT2D eigenvalue weighted by atomic mass is 127. The lowest BCUT2D eigenvalue weighted by atomic mass is 10.2. The Bertz CT molecular complexity index is 427. The van der Waals surface area contributed by atoms with E-state index in [0.29, 0.717) is 12.4 Å². The lowest BCUT2D eigenvalue weighted by Crippen LogP contribution is -2.05. The second kappa shape index (κ2) is 6.43. The van der Waals surface area contributed by atoms with Gasteiger partial charge >= 0.3 is 5.97 Å². The van der Waals surface area contributed by atoms with Crippen molar-refractivity contribution in [3.63, 3.8) is 0 Å². The summed E-state index contributed by atoms with van der Waals surface area (Å²) in [4.78, 5) is 11.1. The molecular weight excluding hydrogens is 434 g/mol. The Morgan fingerprint density at radius 1 is 1.50 bits per heavy atom. The lowest BCUT2D eigenvalue weighted by molar-refractivity contribution is 0.0692. The normalized spacial score (nSPS) is 10.7. The molecule has 0 aliphatic rings. The Morgan fingerprint density at radius 3 is 2.75 bits per heavy atom. The minimum absolute atomic E-state index is 0.209. The number of carbonyl (C=O) groups is 1. The Labute approximate surface area is 121 Å². The first kappa shape index (κ1) is 13.8. The van der Waals surface area contributed by atoms with Gasteiger partial charge in [0.2, 0.25) is 0 Å². The van der Waals surface area contributed by atoms with E-state index in [1.807, 2.05) is 25.1 Å². The molecule has 0 saturated carbocycles. The first-order valence-electron chi connectivity index (χ1n) is 4.52. The monoisotopic (exact) mass is 444 g/mol. The third-order valence-electron chi connectivity index (χ3n) is 1.80. The molecule has 0 fully saturated rings. The molecule has 86 valence electrons. The molecule has 5 heteroatoms. The maximum Gasteiger partial charge on any atom is 0.339 e. The van der Waals surface area contributed by atoms with Crippen molar-refractivity contribution in [3.8, 4) is 5.75 Å². The Hall–Kier alpha value is -0.310. The fraction of sp³-hybridized carbons (Fsp3) is 0.182. The van der Waals surface area contributed by atoms with Crippen LogP contribution in [0.15, 0.2) is 24.3 Å². The van der Waals surface area contributed by atoms with Gasteiger partial charge in [-0.3, -0.25) is 0 Å². The topological polar surface area (TPSA) is 46.5 Å². The highest BCUT2D eigenvalue weighted by Crippen LogP contribution is 2.28. The molecular formula is C11H10I2O3. The summed E-state index contributed by atoms with van der Waals surface area (Å²) in [5.41, 5.74) is 0.209. The van der Waals surface area contributed by atoms with Crippen LogP contribution >= 0.6 is 45.2 Å². The van der Waals surface area contributed by atoms with E-state index in [-0.39, 0.29) is 5.56 Å². The van der Waals surface area contributed by atoms with Crippen molar-refractivity contribution in [2.75, 3.05) is 6.61 Å². The number of ether oxygens (including phenoxy) is 1. The average Bonchev–Trinajstić information content (AvgIpc) is 2.20. The molecule has 16 heavy (non-hydrogen) atoms. The maximum absolute atomic E-state index is 11.1. The molecule has 1 aromatic rings. The molecule has 1 N–H and O–H groups in total. The number of benzene rings is 1. The van der Waals surface area contributed by atoms with Crippen LogP contribution in [0.25, 0.3) is 0 Å². The predicted molar refractivity (Wildman–Crippen MR) is 79.1 cm³/mol. The number of allylic oxidation sites excluding steroid dienone is 1. The first-order valence-corrected chi connectivity index (χ1v) is 6.68. The molecule has 0 aliphatic carbocycles. The lowest BCUT2D eigenvalue weighted by Gasteiger charge is -2.10. The quantitative estimate of drug-likeness (QED) is 0.571. The van der Waals surface area contributed by atoms with Gasteiger partial charge in [-0.2, -0.15) is 0 Å². The van der Waals surface area contributed by atoms with Crippen molar-refractivity contribution in [2.45, 2.75) is 6.92 Å². The summed E-state index contributed by atoms with van der Waals surface area (Å²) < 4.78 is 7.14. The van der Waals surface area contributed by atoms with Crippen LogP contribution < -0.4 is 4.74 Å². The average molecular weight is 444 g/mol. The van der Waals surface area contributed by atoms with E-state index in [1.165, 1.54) is 0 Å². The molecule has 0 aliphatic heterocycles. The van der Waals surface area contributed by atoms with E-state index in [1.54, 1.807) is 6.07 Å². The van der Waals surface area contributed by atoms with Gasteiger partial charge < -0.3 is 9.84 Å². The van der Waals surface area contributed by atoms with Gasteiger partial charge in [0, 0.05) is 3.57 Å². The number of rotatable bonds is 4. The van der Waals surface area contributed by atoms with E-state index in [4.69, 9.17) is 9.84 Å². The van der Waals surface area contributed by atoms with Gasteiger partial charge in [-0.1, -0.05) is 12.2 Å². The number of carboxylic acid groups (broad SMARTS) is 1. The van der Waals surface area contributed by atoms with E-state index in [2.05, 4.69) is 45.2 Å². The fourth-order valence-corrected chi connectivity index (χ4v) is 3.09. The SMILES string of the molecule is C/C=C/COc1c(I)cc(I)cc1C(=O)O. The van der Waals surface area contributed by atoms with Crippen molar-refractivity contribution in [3.05, 3.63) is 37.0 Å². The van der Waals surface area contributed by atoms with Crippen molar-refractivity contribution >= 4 is 51.2 Å². The number of halogens is 2. The van der Waals surface area contributed by atoms with Crippen LogP contribution in [-0.4, -0.2) is 17.7 Å². The zero-order valence-corrected chi connectivity index (χ0v) is 12.9. The van der Waals surface area contributed by atoms with Crippen LogP contribution in [0, 0.1) is 7.14 Å². The summed E-state index contributed by atoms with van der Waals surface area (Å²) >= 11 is 4.17. The molecule has 0 saturated heterocycles. The summed E-state index contributed by atoms with van der Waals surface area (Å²) in [5.74, 6) is -0.529. The zero-order valence-electron chi connectivity index (χ0n) is 8.54. The minimum Gasteiger partial charge on any atom is -0.488 e. The second-order valence-corrected chi connectivity index (χ2v) is 5.36.